The Kier molecular flexibility index (Phi) is 21.7. The van der Waals surface area contributed by atoms with Crippen LogP contribution in [0.4, 0.5) is 0 Å². The van der Waals surface area contributed by atoms with Crippen molar-refractivity contribution in [2.75, 3.05) is 35.5 Å². The van der Waals surface area contributed by atoms with Crippen molar-refractivity contribution < 1.29 is 42.1 Å². The molecule has 0 aliphatic rings. The highest BCUT2D eigenvalue weighted by Crippen LogP contribution is 2.35. The Morgan fingerprint density at radius 3 is 0.882 bits per heavy atom. The van der Waals surface area contributed by atoms with Crippen molar-refractivity contribution in [1.82, 2.24) is 0 Å². The number of aliphatic hydroxyl groups is 1. The van der Waals surface area contributed by atoms with Gasteiger partial charge in [-0.05, 0) is 0 Å². The van der Waals surface area contributed by atoms with E-state index in [1.807, 2.05) is 0 Å². The fourth-order valence-corrected chi connectivity index (χ4v) is 0.447. The Hall–Kier alpha value is 0.180. The van der Waals surface area contributed by atoms with Gasteiger partial charge in [0.15, 0.2) is 0 Å². The van der Waals surface area contributed by atoms with Gasteiger partial charge in [0.2, 0.25) is 0 Å². The highest BCUT2D eigenvalue weighted by Gasteiger charge is 1.99. The monoisotopic (exact) mass is 298 g/mol. The molecule has 1 N–H and O–H groups in total. The molecule has 0 aromatic rings. The second kappa shape index (κ2) is 14.2. The van der Waals surface area contributed by atoms with Crippen LogP contribution in [-0.2, 0) is 27.2 Å². The van der Waals surface area contributed by atoms with Gasteiger partial charge in [-0.15, -0.1) is 0 Å². The molecule has 110 valence electrons. The molecule has 0 atom stereocenters. The van der Waals surface area contributed by atoms with Crippen LogP contribution < -0.4 is 9.79 Å². The van der Waals surface area contributed by atoms with E-state index in [9.17, 15) is 18.9 Å². The van der Waals surface area contributed by atoms with Gasteiger partial charge in [0.25, 0.3) is 15.6 Å². The van der Waals surface area contributed by atoms with Gasteiger partial charge in [0.05, 0.1) is 0 Å². The topological polar surface area (TPSA) is 137 Å². The van der Waals surface area contributed by atoms with E-state index in [1.165, 1.54) is 0 Å². The van der Waals surface area contributed by atoms with E-state index in [-0.39, 0.29) is 7.43 Å². The standard InChI is InChI=1S/2C2H7O4P.CH4O.CH4/c2*1-5-7(3,4)6-2;1-2;/h2*1-2H3,(H,3,4);2H,1H3;1H4/p-2. The molecule has 0 heterocycles. The van der Waals surface area contributed by atoms with Crippen LogP contribution in [0.25, 0.3) is 0 Å². The summed E-state index contributed by atoms with van der Waals surface area (Å²) in [6.45, 7) is 0. The van der Waals surface area contributed by atoms with E-state index >= 15 is 0 Å². The van der Waals surface area contributed by atoms with Crippen molar-refractivity contribution in [2.24, 2.45) is 0 Å². The molecule has 17 heavy (non-hydrogen) atoms. The van der Waals surface area contributed by atoms with Crippen molar-refractivity contribution in [3.63, 3.8) is 0 Å². The van der Waals surface area contributed by atoms with Crippen molar-refractivity contribution in [3.8, 4) is 0 Å². The molecule has 0 radical (unpaired) electrons. The van der Waals surface area contributed by atoms with E-state index in [2.05, 4.69) is 18.1 Å². The predicted octanol–water partition coefficient (Wildman–Crippen LogP) is -0.260. The average Bonchev–Trinajstić information content (AvgIpc) is 2.32. The molecule has 0 saturated carbocycles. The quantitative estimate of drug-likeness (QED) is 0.695. The van der Waals surface area contributed by atoms with Crippen LogP contribution in [0.15, 0.2) is 0 Å². The van der Waals surface area contributed by atoms with E-state index < -0.39 is 15.6 Å². The second-order valence-electron chi connectivity index (χ2n) is 1.62. The zero-order valence-electron chi connectivity index (χ0n) is 9.61. The van der Waals surface area contributed by atoms with E-state index in [4.69, 9.17) is 5.11 Å². The van der Waals surface area contributed by atoms with Gasteiger partial charge in [-0.25, -0.2) is 0 Å². The van der Waals surface area contributed by atoms with Gasteiger partial charge >= 0.3 is 0 Å². The summed E-state index contributed by atoms with van der Waals surface area (Å²) in [5.41, 5.74) is 0. The Bertz CT molecular complexity index is 192. The first kappa shape index (κ1) is 25.9. The molecule has 0 aromatic carbocycles. The first-order valence-corrected chi connectivity index (χ1v) is 6.46. The molecule has 0 bridgehead atoms. The Labute approximate surface area is 102 Å². The summed E-state index contributed by atoms with van der Waals surface area (Å²) in [6, 6.07) is 0. The van der Waals surface area contributed by atoms with Gasteiger partial charge in [0, 0.05) is 35.5 Å². The largest absolute Gasteiger partial charge is 0.756 e. The van der Waals surface area contributed by atoms with Crippen LogP contribution in [0, 0.1) is 0 Å². The number of hydrogen-bond donors (Lipinski definition) is 1. The number of phosphoric acid groups is 2. The lowest BCUT2D eigenvalue weighted by Gasteiger charge is -2.16. The van der Waals surface area contributed by atoms with Crippen molar-refractivity contribution in [1.29, 1.82) is 0 Å². The minimum Gasteiger partial charge on any atom is -0.756 e. The number of aliphatic hydroxyl groups excluding tert-OH is 1. The van der Waals surface area contributed by atoms with Crippen LogP contribution >= 0.6 is 15.6 Å². The van der Waals surface area contributed by atoms with Crippen molar-refractivity contribution in [2.45, 2.75) is 7.43 Å². The number of phosphoric ester groups is 2. The lowest BCUT2D eigenvalue weighted by Crippen LogP contribution is -2.02. The number of rotatable bonds is 4. The minimum absolute atomic E-state index is 0. The molecule has 0 aliphatic heterocycles. The van der Waals surface area contributed by atoms with Gasteiger partial charge in [-0.3, -0.25) is 9.13 Å². The summed E-state index contributed by atoms with van der Waals surface area (Å²) in [6.07, 6.45) is 0. The summed E-state index contributed by atoms with van der Waals surface area (Å²) in [4.78, 5) is 19.9. The molecule has 0 rings (SSSR count). The maximum absolute atomic E-state index is 9.95. The highest BCUT2D eigenvalue weighted by atomic mass is 31.2. The smallest absolute Gasteiger partial charge is 0.267 e. The van der Waals surface area contributed by atoms with Gasteiger partial charge in [0.1, 0.15) is 0 Å². The van der Waals surface area contributed by atoms with E-state index in [0.29, 0.717) is 0 Å². The summed E-state index contributed by atoms with van der Waals surface area (Å²) >= 11 is 0. The molecule has 0 aromatic heterocycles. The minimum atomic E-state index is -3.90. The maximum Gasteiger partial charge on any atom is 0.267 e. The molecule has 0 amide bonds. The third-order valence-electron chi connectivity index (χ3n) is 0.894. The van der Waals surface area contributed by atoms with Gasteiger partial charge < -0.3 is 33.0 Å². The predicted molar refractivity (Wildman–Crippen MR) is 58.1 cm³/mol. The molecule has 0 spiro atoms. The van der Waals surface area contributed by atoms with Crippen LogP contribution in [0.3, 0.4) is 0 Å². The molecular weight excluding hydrogens is 278 g/mol. The van der Waals surface area contributed by atoms with Crippen molar-refractivity contribution >= 4 is 15.6 Å². The maximum atomic E-state index is 9.95. The highest BCUT2D eigenvalue weighted by molar-refractivity contribution is 7.46. The zero-order chi connectivity index (χ0) is 13.8. The third kappa shape index (κ3) is 21.9. The first-order chi connectivity index (χ1) is 7.24. The fraction of sp³-hybridized carbons (Fsp3) is 1.00. The lowest BCUT2D eigenvalue weighted by atomic mass is 11.8. The first-order valence-electron chi connectivity index (χ1n) is 3.54. The summed E-state index contributed by atoms with van der Waals surface area (Å²) in [5, 5.41) is 7.00. The lowest BCUT2D eigenvalue weighted by molar-refractivity contribution is -0.221. The van der Waals surface area contributed by atoms with Crippen LogP contribution in [0.2, 0.25) is 0 Å². The van der Waals surface area contributed by atoms with Gasteiger partial charge in [-0.1, -0.05) is 7.43 Å². The molecule has 0 unspecified atom stereocenters. The Balaban J connectivity index is -0.0000000823. The van der Waals surface area contributed by atoms with Crippen molar-refractivity contribution in [3.05, 3.63) is 0 Å². The zero-order valence-corrected chi connectivity index (χ0v) is 11.4. The fourth-order valence-electron chi connectivity index (χ4n) is 0.149. The average molecular weight is 298 g/mol. The van der Waals surface area contributed by atoms with E-state index in [0.717, 1.165) is 35.5 Å². The summed E-state index contributed by atoms with van der Waals surface area (Å²) in [5.74, 6) is 0. The molecule has 9 nitrogen and oxygen atoms in total. The molecule has 0 saturated heterocycles. The number of hydrogen-bond acceptors (Lipinski definition) is 9. The SMILES string of the molecule is C.CO.COP(=O)([O-])OC.COP(=O)([O-])OC. The Morgan fingerprint density at radius 2 is 0.882 bits per heavy atom. The van der Waals surface area contributed by atoms with Crippen LogP contribution in [0.1, 0.15) is 7.43 Å². The molecule has 0 aliphatic carbocycles. The summed E-state index contributed by atoms with van der Waals surface area (Å²) in [7, 11) is -2.65. The molecule has 0 fully saturated rings. The molecular formula is C6H20O9P2-2. The molecule has 11 heteroatoms. The normalized spacial score (nSPS) is 10.1. The van der Waals surface area contributed by atoms with E-state index in [1.54, 1.807) is 0 Å². The third-order valence-corrected chi connectivity index (χ3v) is 2.68. The second-order valence-corrected chi connectivity index (χ2v) is 4.87. The van der Waals surface area contributed by atoms with Crippen LogP contribution in [0.5, 0.6) is 0 Å². The summed E-state index contributed by atoms with van der Waals surface area (Å²) < 4.78 is 35.4. The van der Waals surface area contributed by atoms with Crippen LogP contribution in [-0.4, -0.2) is 40.7 Å². The Morgan fingerprint density at radius 1 is 0.765 bits per heavy atom. The van der Waals surface area contributed by atoms with Gasteiger partial charge in [-0.2, -0.15) is 0 Å².